The van der Waals surface area contributed by atoms with Crippen LogP contribution in [0.1, 0.15) is 20.3 Å². The molecule has 0 aromatic carbocycles. The minimum atomic E-state index is 0.742. The lowest BCUT2D eigenvalue weighted by Gasteiger charge is -1.98. The Kier molecular flexibility index (Phi) is 5.03. The average molecular weight is 156 g/mol. The maximum atomic E-state index is 10.3. The van der Waals surface area contributed by atoms with E-state index in [-0.39, 0.29) is 0 Å². The number of thioether (sulfide) groups is 1. The van der Waals surface area contributed by atoms with Gasteiger partial charge in [-0.3, -0.25) is 4.79 Å². The summed E-state index contributed by atoms with van der Waals surface area (Å²) in [7, 11) is 0. The van der Waals surface area contributed by atoms with Gasteiger partial charge in [-0.15, -0.1) is 0 Å². The van der Waals surface area contributed by atoms with E-state index in [0.717, 1.165) is 22.5 Å². The first kappa shape index (κ1) is 9.50. The lowest BCUT2D eigenvalue weighted by molar-refractivity contribution is -0.104. The maximum Gasteiger partial charge on any atom is 0.156 e. The minimum absolute atomic E-state index is 0.742. The van der Waals surface area contributed by atoms with E-state index in [2.05, 4.69) is 6.58 Å². The van der Waals surface area contributed by atoms with Crippen molar-refractivity contribution in [3.05, 3.63) is 22.5 Å². The predicted octanol–water partition coefficient (Wildman–Crippen LogP) is 2.75. The summed E-state index contributed by atoms with van der Waals surface area (Å²) in [6.45, 7) is 7.64. The van der Waals surface area contributed by atoms with Crippen LogP contribution in [0.25, 0.3) is 0 Å². The minimum Gasteiger partial charge on any atom is -0.297 e. The van der Waals surface area contributed by atoms with Crippen LogP contribution in [-0.4, -0.2) is 6.29 Å². The summed E-state index contributed by atoms with van der Waals surface area (Å²) in [5, 5.41) is 0. The number of rotatable bonds is 4. The Hall–Kier alpha value is -0.500. The Morgan fingerprint density at radius 1 is 1.70 bits per heavy atom. The van der Waals surface area contributed by atoms with Crippen LogP contribution < -0.4 is 0 Å². The second-order valence-corrected chi connectivity index (χ2v) is 3.06. The molecule has 0 saturated carbocycles. The molecule has 0 radical (unpaired) electrons. The molecule has 10 heavy (non-hydrogen) atoms. The lowest BCUT2D eigenvalue weighted by Crippen LogP contribution is -1.77. The zero-order chi connectivity index (χ0) is 7.98. The van der Waals surface area contributed by atoms with Crippen molar-refractivity contribution in [3.63, 3.8) is 0 Å². The van der Waals surface area contributed by atoms with E-state index in [1.54, 1.807) is 6.08 Å². The second-order valence-electron chi connectivity index (χ2n) is 1.80. The zero-order valence-corrected chi connectivity index (χ0v) is 7.20. The molecular formula is C8H12OS. The highest BCUT2D eigenvalue weighted by molar-refractivity contribution is 8.07. The summed E-state index contributed by atoms with van der Waals surface area (Å²) in [5.74, 6) is 0. The van der Waals surface area contributed by atoms with Crippen molar-refractivity contribution in [2.75, 3.05) is 0 Å². The van der Waals surface area contributed by atoms with Crippen LogP contribution >= 0.6 is 11.8 Å². The van der Waals surface area contributed by atoms with Crippen LogP contribution in [0.2, 0.25) is 0 Å². The summed E-state index contributed by atoms with van der Waals surface area (Å²) < 4.78 is 0. The average Bonchev–Trinajstić information content (AvgIpc) is 1.99. The third-order valence-electron chi connectivity index (χ3n) is 1.06. The van der Waals surface area contributed by atoms with Crippen LogP contribution in [0.3, 0.4) is 0 Å². The van der Waals surface area contributed by atoms with E-state index in [0.29, 0.717) is 0 Å². The van der Waals surface area contributed by atoms with E-state index >= 15 is 0 Å². The third kappa shape index (κ3) is 3.51. The molecule has 0 unspecified atom stereocenters. The van der Waals surface area contributed by atoms with Crippen LogP contribution in [-0.2, 0) is 4.79 Å². The summed E-state index contributed by atoms with van der Waals surface area (Å²) in [6, 6.07) is 0. The van der Waals surface area contributed by atoms with Gasteiger partial charge in [-0.1, -0.05) is 31.3 Å². The first-order valence-corrected chi connectivity index (χ1v) is 4.03. The molecule has 0 heterocycles. The summed E-state index contributed by atoms with van der Waals surface area (Å²) in [6.07, 6.45) is 3.56. The van der Waals surface area contributed by atoms with Gasteiger partial charge in [-0.2, -0.15) is 0 Å². The van der Waals surface area contributed by atoms with Gasteiger partial charge in [0, 0.05) is 4.91 Å². The molecule has 0 fully saturated rings. The van der Waals surface area contributed by atoms with Crippen molar-refractivity contribution in [2.45, 2.75) is 20.3 Å². The van der Waals surface area contributed by atoms with Crippen LogP contribution in [0.4, 0.5) is 0 Å². The molecule has 0 N–H and O–H groups in total. The summed E-state index contributed by atoms with van der Waals surface area (Å²) in [4.78, 5) is 12.0. The van der Waals surface area contributed by atoms with Crippen LogP contribution in [0.5, 0.6) is 0 Å². The summed E-state index contributed by atoms with van der Waals surface area (Å²) >= 11 is 1.44. The van der Waals surface area contributed by atoms with Gasteiger partial charge in [0.1, 0.15) is 0 Å². The third-order valence-corrected chi connectivity index (χ3v) is 2.20. The monoisotopic (exact) mass is 156 g/mol. The van der Waals surface area contributed by atoms with E-state index in [1.165, 1.54) is 11.8 Å². The van der Waals surface area contributed by atoms with E-state index < -0.39 is 0 Å². The van der Waals surface area contributed by atoms with Crippen molar-refractivity contribution < 1.29 is 4.79 Å². The SMILES string of the molecule is C=C(CC)S/C(C=O)=C\C. The standard InChI is InChI=1S/C8H12OS/c1-4-7(3)10-8(5-2)6-9/h5-6H,3-4H2,1-2H3/b8-5-. The largest absolute Gasteiger partial charge is 0.297 e. The number of allylic oxidation sites excluding steroid dienone is 3. The lowest BCUT2D eigenvalue weighted by atomic mass is 10.5. The quantitative estimate of drug-likeness (QED) is 0.460. The highest BCUT2D eigenvalue weighted by Crippen LogP contribution is 2.23. The molecule has 0 aromatic heterocycles. The van der Waals surface area contributed by atoms with Crippen molar-refractivity contribution in [2.24, 2.45) is 0 Å². The Labute approximate surface area is 66.2 Å². The molecule has 2 heteroatoms. The number of hydrogen-bond donors (Lipinski definition) is 0. The fourth-order valence-electron chi connectivity index (χ4n) is 0.390. The van der Waals surface area contributed by atoms with Gasteiger partial charge in [0.25, 0.3) is 0 Å². The first-order valence-electron chi connectivity index (χ1n) is 3.21. The van der Waals surface area contributed by atoms with E-state index in [4.69, 9.17) is 0 Å². The topological polar surface area (TPSA) is 17.1 Å². The normalized spacial score (nSPS) is 11.2. The molecule has 1 nitrogen and oxygen atoms in total. The Morgan fingerprint density at radius 3 is 2.60 bits per heavy atom. The molecule has 0 aliphatic rings. The molecular weight excluding hydrogens is 144 g/mol. The number of carbonyl (C=O) groups is 1. The first-order chi connectivity index (χ1) is 4.74. The van der Waals surface area contributed by atoms with Crippen molar-refractivity contribution >= 4 is 18.0 Å². The molecule has 0 spiro atoms. The van der Waals surface area contributed by atoms with Gasteiger partial charge in [-0.05, 0) is 18.2 Å². The predicted molar refractivity (Wildman–Crippen MR) is 46.8 cm³/mol. The molecule has 56 valence electrons. The molecule has 0 bridgehead atoms. The maximum absolute atomic E-state index is 10.3. The Balaban J connectivity index is 3.87. The van der Waals surface area contributed by atoms with E-state index in [1.807, 2.05) is 13.8 Å². The number of hydrogen-bond acceptors (Lipinski definition) is 2. The Morgan fingerprint density at radius 2 is 2.30 bits per heavy atom. The van der Waals surface area contributed by atoms with Gasteiger partial charge in [0.2, 0.25) is 0 Å². The van der Waals surface area contributed by atoms with Gasteiger partial charge in [-0.25, -0.2) is 0 Å². The smallest absolute Gasteiger partial charge is 0.156 e. The summed E-state index contributed by atoms with van der Waals surface area (Å²) in [5.41, 5.74) is 0. The van der Waals surface area contributed by atoms with Crippen LogP contribution in [0, 0.1) is 0 Å². The van der Waals surface area contributed by atoms with Crippen molar-refractivity contribution in [1.82, 2.24) is 0 Å². The van der Waals surface area contributed by atoms with Gasteiger partial charge in [0.05, 0.1) is 0 Å². The van der Waals surface area contributed by atoms with Crippen LogP contribution in [0.15, 0.2) is 22.5 Å². The van der Waals surface area contributed by atoms with E-state index in [9.17, 15) is 4.79 Å². The molecule has 0 aromatic rings. The fourth-order valence-corrected chi connectivity index (χ4v) is 1.03. The van der Waals surface area contributed by atoms with Crippen molar-refractivity contribution in [3.8, 4) is 0 Å². The van der Waals surface area contributed by atoms with Crippen molar-refractivity contribution in [1.29, 1.82) is 0 Å². The molecule has 0 saturated heterocycles. The van der Waals surface area contributed by atoms with Gasteiger partial charge < -0.3 is 0 Å². The molecule has 0 aliphatic heterocycles. The molecule has 0 aliphatic carbocycles. The molecule has 0 amide bonds. The Bertz CT molecular complexity index is 159. The fraction of sp³-hybridized carbons (Fsp3) is 0.375. The highest BCUT2D eigenvalue weighted by Gasteiger charge is 1.95. The van der Waals surface area contributed by atoms with Gasteiger partial charge in [0.15, 0.2) is 6.29 Å². The highest BCUT2D eigenvalue weighted by atomic mass is 32.2. The number of carbonyl (C=O) groups excluding carboxylic acids is 1. The zero-order valence-electron chi connectivity index (χ0n) is 6.39. The molecule has 0 rings (SSSR count). The molecule has 0 atom stereocenters. The second kappa shape index (κ2) is 5.30. The number of aldehydes is 1. The van der Waals surface area contributed by atoms with Gasteiger partial charge >= 0.3 is 0 Å².